The number of hydrogen-bond donors (Lipinski definition) is 0. The zero-order chi connectivity index (χ0) is 12.0. The minimum absolute atomic E-state index is 0.0691. The van der Waals surface area contributed by atoms with Gasteiger partial charge in [0.2, 0.25) is 5.91 Å². The molecule has 0 fully saturated rings. The van der Waals surface area contributed by atoms with E-state index in [0.717, 1.165) is 9.90 Å². The van der Waals surface area contributed by atoms with Crippen LogP contribution in [0.15, 0.2) is 36.3 Å². The molecule has 0 N–H and O–H groups in total. The molecule has 1 amide bonds. The summed E-state index contributed by atoms with van der Waals surface area (Å²) < 4.78 is 0.743. The van der Waals surface area contributed by atoms with Gasteiger partial charge in [0, 0.05) is 13.1 Å². The summed E-state index contributed by atoms with van der Waals surface area (Å²) in [6, 6.07) is 1.88. The van der Waals surface area contributed by atoms with Gasteiger partial charge < -0.3 is 4.90 Å². The average molecular weight is 256 g/mol. The molecular formula is C12H14ClNOS. The fraction of sp³-hybridized carbons (Fsp3) is 0.250. The molecule has 0 bridgehead atoms. The van der Waals surface area contributed by atoms with Crippen LogP contribution in [0.25, 0.3) is 0 Å². The number of carbonyl (C=O) groups excluding carboxylic acids is 1. The first-order valence-corrected chi connectivity index (χ1v) is 6.18. The van der Waals surface area contributed by atoms with Crippen LogP contribution in [0.1, 0.15) is 12.5 Å². The van der Waals surface area contributed by atoms with Gasteiger partial charge in [-0.25, -0.2) is 0 Å². The summed E-state index contributed by atoms with van der Waals surface area (Å²) in [4.78, 5) is 13.3. The van der Waals surface area contributed by atoms with E-state index < -0.39 is 0 Å². The fourth-order valence-corrected chi connectivity index (χ4v) is 2.14. The van der Waals surface area contributed by atoms with Crippen LogP contribution in [0.3, 0.4) is 0 Å². The van der Waals surface area contributed by atoms with E-state index in [-0.39, 0.29) is 5.91 Å². The second-order valence-corrected chi connectivity index (χ2v) is 4.79. The Kier molecular flexibility index (Phi) is 5.29. The van der Waals surface area contributed by atoms with Crippen molar-refractivity contribution >= 4 is 28.8 Å². The molecule has 1 aromatic heterocycles. The molecule has 1 aromatic rings. The normalized spacial score (nSPS) is 10.6. The van der Waals surface area contributed by atoms with Crippen LogP contribution >= 0.6 is 22.9 Å². The maximum Gasteiger partial charge on any atom is 0.246 e. The van der Waals surface area contributed by atoms with Gasteiger partial charge in [-0.2, -0.15) is 0 Å². The van der Waals surface area contributed by atoms with Gasteiger partial charge in [-0.3, -0.25) is 4.79 Å². The molecule has 2 nitrogen and oxygen atoms in total. The molecule has 1 heterocycles. The summed E-state index contributed by atoms with van der Waals surface area (Å²) in [6.45, 7) is 6.59. The van der Waals surface area contributed by atoms with Gasteiger partial charge in [-0.1, -0.05) is 30.3 Å². The quantitative estimate of drug-likeness (QED) is 0.583. The smallest absolute Gasteiger partial charge is 0.246 e. The summed E-state index contributed by atoms with van der Waals surface area (Å²) in [5.74, 6) is -0.0691. The molecule has 0 unspecified atom stereocenters. The first kappa shape index (κ1) is 13.0. The van der Waals surface area contributed by atoms with Crippen molar-refractivity contribution in [2.75, 3.05) is 6.54 Å². The predicted octanol–water partition coefficient (Wildman–Crippen LogP) is 3.49. The van der Waals surface area contributed by atoms with Gasteiger partial charge in [0.25, 0.3) is 0 Å². The van der Waals surface area contributed by atoms with E-state index in [1.165, 1.54) is 17.4 Å². The maximum absolute atomic E-state index is 11.6. The maximum atomic E-state index is 11.6. The van der Waals surface area contributed by atoms with Crippen molar-refractivity contribution < 1.29 is 4.79 Å². The van der Waals surface area contributed by atoms with E-state index in [2.05, 4.69) is 6.58 Å². The predicted molar refractivity (Wildman–Crippen MR) is 69.8 cm³/mol. The van der Waals surface area contributed by atoms with Crippen LogP contribution in [0.4, 0.5) is 0 Å². The number of nitrogens with zero attached hydrogens (tertiary/aromatic N) is 1. The number of halogens is 1. The van der Waals surface area contributed by atoms with Crippen molar-refractivity contribution in [3.63, 3.8) is 0 Å². The standard InChI is InChI=1S/C12H14ClNOS/c1-3-5-6-14(12(15)4-2)8-10-7-11(13)16-9-10/h3-5,7,9H,2,6,8H2,1H3/b5-3+. The molecule has 1 rings (SSSR count). The van der Waals surface area contributed by atoms with Crippen LogP contribution < -0.4 is 0 Å². The molecule has 0 aliphatic heterocycles. The van der Waals surface area contributed by atoms with Crippen LogP contribution in [-0.2, 0) is 11.3 Å². The van der Waals surface area contributed by atoms with E-state index in [1.54, 1.807) is 4.90 Å². The molecule has 86 valence electrons. The van der Waals surface area contributed by atoms with Crippen LogP contribution in [-0.4, -0.2) is 17.4 Å². The van der Waals surface area contributed by atoms with Gasteiger partial charge in [0.1, 0.15) is 0 Å². The topological polar surface area (TPSA) is 20.3 Å². The molecule has 0 radical (unpaired) electrons. The Balaban J connectivity index is 2.69. The van der Waals surface area contributed by atoms with E-state index >= 15 is 0 Å². The van der Waals surface area contributed by atoms with Crippen molar-refractivity contribution in [1.29, 1.82) is 0 Å². The molecule has 0 saturated carbocycles. The first-order valence-electron chi connectivity index (χ1n) is 4.92. The van der Waals surface area contributed by atoms with Gasteiger partial charge in [-0.15, -0.1) is 11.3 Å². The number of carbonyl (C=O) groups is 1. The Labute approximate surface area is 105 Å². The summed E-state index contributed by atoms with van der Waals surface area (Å²) in [5, 5.41) is 1.96. The Morgan fingerprint density at radius 3 is 2.94 bits per heavy atom. The highest BCUT2D eigenvalue weighted by molar-refractivity contribution is 7.14. The lowest BCUT2D eigenvalue weighted by molar-refractivity contribution is -0.126. The van der Waals surface area contributed by atoms with E-state index in [1.807, 2.05) is 30.5 Å². The lowest BCUT2D eigenvalue weighted by Gasteiger charge is -2.18. The van der Waals surface area contributed by atoms with Gasteiger partial charge in [-0.05, 0) is 30.0 Å². The van der Waals surface area contributed by atoms with Crippen LogP contribution in [0, 0.1) is 0 Å². The third-order valence-corrected chi connectivity index (χ3v) is 3.18. The number of thiophene rings is 1. The molecule has 0 aliphatic rings. The third kappa shape index (κ3) is 3.83. The zero-order valence-electron chi connectivity index (χ0n) is 9.15. The molecule has 0 aliphatic carbocycles. The fourth-order valence-electron chi connectivity index (χ4n) is 1.24. The van der Waals surface area contributed by atoms with Crippen molar-refractivity contribution in [1.82, 2.24) is 4.90 Å². The highest BCUT2D eigenvalue weighted by atomic mass is 35.5. The van der Waals surface area contributed by atoms with Crippen molar-refractivity contribution in [2.24, 2.45) is 0 Å². The van der Waals surface area contributed by atoms with Gasteiger partial charge >= 0.3 is 0 Å². The molecule has 0 saturated heterocycles. The van der Waals surface area contributed by atoms with Gasteiger partial charge in [0.15, 0.2) is 0 Å². The van der Waals surface area contributed by atoms with Crippen LogP contribution in [0.5, 0.6) is 0 Å². The van der Waals surface area contributed by atoms with Crippen molar-refractivity contribution in [2.45, 2.75) is 13.5 Å². The highest BCUT2D eigenvalue weighted by Gasteiger charge is 2.10. The lowest BCUT2D eigenvalue weighted by Crippen LogP contribution is -2.28. The third-order valence-electron chi connectivity index (χ3n) is 2.04. The number of amides is 1. The summed E-state index contributed by atoms with van der Waals surface area (Å²) in [5.41, 5.74) is 1.05. The van der Waals surface area contributed by atoms with E-state index in [9.17, 15) is 4.79 Å². The van der Waals surface area contributed by atoms with Crippen molar-refractivity contribution in [3.05, 3.63) is 46.2 Å². The number of rotatable bonds is 5. The monoisotopic (exact) mass is 255 g/mol. The SMILES string of the molecule is C=CC(=O)N(C/C=C/C)Cc1csc(Cl)c1. The Bertz CT molecular complexity index is 397. The van der Waals surface area contributed by atoms with E-state index in [4.69, 9.17) is 11.6 Å². The van der Waals surface area contributed by atoms with Crippen molar-refractivity contribution in [3.8, 4) is 0 Å². The summed E-state index contributed by atoms with van der Waals surface area (Å²) in [7, 11) is 0. The average Bonchev–Trinajstić information content (AvgIpc) is 2.69. The largest absolute Gasteiger partial charge is 0.331 e. The molecule has 0 aromatic carbocycles. The molecule has 0 atom stereocenters. The van der Waals surface area contributed by atoms with E-state index in [0.29, 0.717) is 13.1 Å². The Hall–Kier alpha value is -1.06. The minimum Gasteiger partial charge on any atom is -0.331 e. The lowest BCUT2D eigenvalue weighted by atomic mass is 10.3. The molecule has 16 heavy (non-hydrogen) atoms. The Morgan fingerprint density at radius 2 is 2.44 bits per heavy atom. The molecule has 4 heteroatoms. The van der Waals surface area contributed by atoms with Gasteiger partial charge in [0.05, 0.1) is 4.34 Å². The highest BCUT2D eigenvalue weighted by Crippen LogP contribution is 2.21. The Morgan fingerprint density at radius 1 is 1.69 bits per heavy atom. The summed E-state index contributed by atoms with van der Waals surface area (Å²) >= 11 is 7.32. The second kappa shape index (κ2) is 6.51. The number of hydrogen-bond acceptors (Lipinski definition) is 2. The minimum atomic E-state index is -0.0691. The number of allylic oxidation sites excluding steroid dienone is 1. The van der Waals surface area contributed by atoms with Crippen LogP contribution in [0.2, 0.25) is 4.34 Å². The first-order chi connectivity index (χ1) is 7.67. The molecule has 0 spiro atoms. The summed E-state index contributed by atoms with van der Waals surface area (Å²) in [6.07, 6.45) is 5.19. The zero-order valence-corrected chi connectivity index (χ0v) is 10.7. The molecular weight excluding hydrogens is 242 g/mol. The second-order valence-electron chi connectivity index (χ2n) is 3.25.